The highest BCUT2D eigenvalue weighted by Gasteiger charge is 2.10. The van der Waals surface area contributed by atoms with Crippen LogP contribution in [0.25, 0.3) is 0 Å². The predicted octanol–water partition coefficient (Wildman–Crippen LogP) is 3.71. The van der Waals surface area contributed by atoms with Crippen molar-refractivity contribution in [3.63, 3.8) is 0 Å². The molecule has 1 aromatic heterocycles. The van der Waals surface area contributed by atoms with Gasteiger partial charge in [-0.25, -0.2) is 0 Å². The highest BCUT2D eigenvalue weighted by atomic mass is 79.9. The van der Waals surface area contributed by atoms with Gasteiger partial charge < -0.3 is 5.32 Å². The monoisotopic (exact) mass is 304 g/mol. The summed E-state index contributed by atoms with van der Waals surface area (Å²) in [5, 5.41) is 2.82. The number of halogens is 1. The van der Waals surface area contributed by atoms with Gasteiger partial charge in [0.2, 0.25) is 0 Å². The Bertz CT molecular complexity index is 579. The van der Waals surface area contributed by atoms with Crippen LogP contribution in [0.3, 0.4) is 0 Å². The van der Waals surface area contributed by atoms with Crippen LogP contribution >= 0.6 is 15.9 Å². The molecular formula is C14H13BrN2O. The fourth-order valence-electron chi connectivity index (χ4n) is 1.55. The van der Waals surface area contributed by atoms with Crippen LogP contribution in [0, 0.1) is 13.8 Å². The molecule has 2 aromatic rings. The fraction of sp³-hybridized carbons (Fsp3) is 0.143. The van der Waals surface area contributed by atoms with Crippen LogP contribution in [-0.2, 0) is 0 Å². The maximum absolute atomic E-state index is 12.1. The smallest absolute Gasteiger partial charge is 0.256 e. The van der Waals surface area contributed by atoms with Crippen molar-refractivity contribution in [2.45, 2.75) is 13.8 Å². The number of carbonyl (C=O) groups excluding carboxylic acids is 1. The molecule has 0 aliphatic rings. The van der Waals surface area contributed by atoms with Crippen molar-refractivity contribution in [1.29, 1.82) is 0 Å². The van der Waals surface area contributed by atoms with Crippen LogP contribution in [0.4, 0.5) is 5.69 Å². The standard InChI is InChI=1S/C14H13BrN2O/c1-9-3-6-13(15)12(7-9)14(18)17-11-5-4-10(2)16-8-11/h3-8H,1-2H3,(H,17,18). The summed E-state index contributed by atoms with van der Waals surface area (Å²) in [6, 6.07) is 9.37. The number of rotatable bonds is 2. The van der Waals surface area contributed by atoms with Gasteiger partial charge in [0.25, 0.3) is 5.91 Å². The maximum atomic E-state index is 12.1. The zero-order chi connectivity index (χ0) is 13.1. The van der Waals surface area contributed by atoms with Gasteiger partial charge in [0.05, 0.1) is 17.4 Å². The minimum atomic E-state index is -0.142. The summed E-state index contributed by atoms with van der Waals surface area (Å²) in [6.07, 6.45) is 1.65. The van der Waals surface area contributed by atoms with Crippen LogP contribution in [0.5, 0.6) is 0 Å². The Morgan fingerprint density at radius 3 is 2.67 bits per heavy atom. The van der Waals surface area contributed by atoms with Gasteiger partial charge in [-0.05, 0) is 54.0 Å². The molecule has 1 aromatic carbocycles. The van der Waals surface area contributed by atoms with Crippen LogP contribution in [-0.4, -0.2) is 10.9 Å². The Hall–Kier alpha value is -1.68. The second-order valence-corrected chi connectivity index (χ2v) is 4.98. The number of nitrogens with zero attached hydrogens (tertiary/aromatic N) is 1. The molecule has 0 aliphatic heterocycles. The van der Waals surface area contributed by atoms with Gasteiger partial charge in [-0.3, -0.25) is 9.78 Å². The molecule has 0 unspecified atom stereocenters. The van der Waals surface area contributed by atoms with Gasteiger partial charge in [-0.15, -0.1) is 0 Å². The van der Waals surface area contributed by atoms with Gasteiger partial charge >= 0.3 is 0 Å². The molecule has 1 amide bonds. The first-order valence-corrected chi connectivity index (χ1v) is 6.36. The van der Waals surface area contributed by atoms with Crippen LogP contribution in [0.2, 0.25) is 0 Å². The molecule has 2 rings (SSSR count). The highest BCUT2D eigenvalue weighted by Crippen LogP contribution is 2.19. The van der Waals surface area contributed by atoms with Crippen molar-refractivity contribution >= 4 is 27.5 Å². The molecule has 0 radical (unpaired) electrons. The lowest BCUT2D eigenvalue weighted by Crippen LogP contribution is -2.13. The van der Waals surface area contributed by atoms with Gasteiger partial charge in [0.15, 0.2) is 0 Å². The fourth-order valence-corrected chi connectivity index (χ4v) is 1.98. The summed E-state index contributed by atoms with van der Waals surface area (Å²) < 4.78 is 0.783. The third kappa shape index (κ3) is 2.96. The van der Waals surface area contributed by atoms with E-state index in [1.807, 2.05) is 44.2 Å². The number of amides is 1. The number of anilines is 1. The highest BCUT2D eigenvalue weighted by molar-refractivity contribution is 9.10. The topological polar surface area (TPSA) is 42.0 Å². The number of hydrogen-bond donors (Lipinski definition) is 1. The summed E-state index contributed by atoms with van der Waals surface area (Å²) in [6.45, 7) is 3.86. The van der Waals surface area contributed by atoms with E-state index in [9.17, 15) is 4.79 Å². The molecule has 92 valence electrons. The predicted molar refractivity (Wildman–Crippen MR) is 75.8 cm³/mol. The Labute approximate surface area is 114 Å². The summed E-state index contributed by atoms with van der Waals surface area (Å²) in [5.74, 6) is -0.142. The van der Waals surface area contributed by atoms with Crippen LogP contribution in [0.1, 0.15) is 21.6 Å². The SMILES string of the molecule is Cc1ccc(Br)c(C(=O)Nc2ccc(C)nc2)c1. The maximum Gasteiger partial charge on any atom is 0.256 e. The number of hydrogen-bond acceptors (Lipinski definition) is 2. The van der Waals surface area contributed by atoms with E-state index in [0.29, 0.717) is 11.3 Å². The van der Waals surface area contributed by atoms with Crippen molar-refractivity contribution in [3.05, 3.63) is 57.8 Å². The van der Waals surface area contributed by atoms with Gasteiger partial charge in [0.1, 0.15) is 0 Å². The summed E-state index contributed by atoms with van der Waals surface area (Å²) in [7, 11) is 0. The zero-order valence-electron chi connectivity index (χ0n) is 10.2. The Morgan fingerprint density at radius 2 is 2.00 bits per heavy atom. The number of carbonyl (C=O) groups is 1. The Balaban J connectivity index is 2.21. The normalized spacial score (nSPS) is 10.2. The molecular weight excluding hydrogens is 292 g/mol. The van der Waals surface area contributed by atoms with E-state index < -0.39 is 0 Å². The van der Waals surface area contributed by atoms with E-state index in [1.54, 1.807) is 6.20 Å². The zero-order valence-corrected chi connectivity index (χ0v) is 11.8. The van der Waals surface area contributed by atoms with Gasteiger partial charge in [-0.1, -0.05) is 11.6 Å². The number of benzene rings is 1. The average molecular weight is 305 g/mol. The van der Waals surface area contributed by atoms with E-state index >= 15 is 0 Å². The van der Waals surface area contributed by atoms with Crippen molar-refractivity contribution in [2.75, 3.05) is 5.32 Å². The van der Waals surface area contributed by atoms with Crippen molar-refractivity contribution in [3.8, 4) is 0 Å². The largest absolute Gasteiger partial charge is 0.321 e. The van der Waals surface area contributed by atoms with Crippen molar-refractivity contribution in [2.24, 2.45) is 0 Å². The second kappa shape index (κ2) is 5.31. The minimum Gasteiger partial charge on any atom is -0.321 e. The van der Waals surface area contributed by atoms with Crippen molar-refractivity contribution < 1.29 is 4.79 Å². The number of aryl methyl sites for hydroxylation is 2. The molecule has 1 N–H and O–H groups in total. The molecule has 0 fully saturated rings. The van der Waals surface area contributed by atoms with Gasteiger partial charge in [0, 0.05) is 10.2 Å². The molecule has 0 saturated carbocycles. The van der Waals surface area contributed by atoms with Crippen LogP contribution in [0.15, 0.2) is 41.0 Å². The molecule has 18 heavy (non-hydrogen) atoms. The molecule has 0 bridgehead atoms. The van der Waals surface area contributed by atoms with E-state index in [2.05, 4.69) is 26.2 Å². The van der Waals surface area contributed by atoms with E-state index in [0.717, 1.165) is 15.7 Å². The first-order valence-electron chi connectivity index (χ1n) is 5.56. The molecule has 0 spiro atoms. The molecule has 0 atom stereocenters. The number of nitrogens with one attached hydrogen (secondary N) is 1. The molecule has 1 heterocycles. The quantitative estimate of drug-likeness (QED) is 0.919. The van der Waals surface area contributed by atoms with E-state index in [1.165, 1.54) is 0 Å². The van der Waals surface area contributed by atoms with Crippen molar-refractivity contribution in [1.82, 2.24) is 4.98 Å². The first kappa shape index (κ1) is 12.8. The van der Waals surface area contributed by atoms with Gasteiger partial charge in [-0.2, -0.15) is 0 Å². The first-order chi connectivity index (χ1) is 8.56. The minimum absolute atomic E-state index is 0.142. The molecule has 0 saturated heterocycles. The molecule has 0 aliphatic carbocycles. The molecule has 4 heteroatoms. The molecule has 3 nitrogen and oxygen atoms in total. The summed E-state index contributed by atoms with van der Waals surface area (Å²) >= 11 is 3.38. The summed E-state index contributed by atoms with van der Waals surface area (Å²) in [5.41, 5.74) is 3.28. The van der Waals surface area contributed by atoms with E-state index in [4.69, 9.17) is 0 Å². The third-order valence-corrected chi connectivity index (χ3v) is 3.23. The average Bonchev–Trinajstić information content (AvgIpc) is 2.35. The number of pyridine rings is 1. The number of aromatic nitrogens is 1. The lowest BCUT2D eigenvalue weighted by Gasteiger charge is -2.07. The Morgan fingerprint density at radius 1 is 1.22 bits per heavy atom. The Kier molecular flexibility index (Phi) is 3.77. The second-order valence-electron chi connectivity index (χ2n) is 4.13. The lowest BCUT2D eigenvalue weighted by molar-refractivity contribution is 0.102. The summed E-state index contributed by atoms with van der Waals surface area (Å²) in [4.78, 5) is 16.2. The van der Waals surface area contributed by atoms with E-state index in [-0.39, 0.29) is 5.91 Å². The van der Waals surface area contributed by atoms with Crippen LogP contribution < -0.4 is 5.32 Å². The third-order valence-electron chi connectivity index (χ3n) is 2.54. The lowest BCUT2D eigenvalue weighted by atomic mass is 10.1.